The van der Waals surface area contributed by atoms with E-state index in [0.717, 1.165) is 19.3 Å². The third-order valence-electron chi connectivity index (χ3n) is 2.52. The first-order valence-corrected chi connectivity index (χ1v) is 5.50. The maximum atomic E-state index is 3.35. The Balaban J connectivity index is 2.45. The summed E-state index contributed by atoms with van der Waals surface area (Å²) in [7, 11) is 2.02. The first-order valence-electron chi connectivity index (χ1n) is 5.50. The minimum atomic E-state index is 0.463. The second-order valence-electron chi connectivity index (χ2n) is 3.57. The zero-order valence-corrected chi connectivity index (χ0v) is 9.59. The number of unbranched alkanes of at least 4 members (excludes halogenated alkanes) is 1. The molecular formula is C14H19N. The van der Waals surface area contributed by atoms with Crippen LogP contribution in [0, 0.1) is 11.8 Å². The molecule has 0 aliphatic carbocycles. The molecule has 1 heteroatoms. The van der Waals surface area contributed by atoms with Gasteiger partial charge in [-0.2, -0.15) is 0 Å². The van der Waals surface area contributed by atoms with Gasteiger partial charge in [0.2, 0.25) is 0 Å². The summed E-state index contributed by atoms with van der Waals surface area (Å²) < 4.78 is 0. The van der Waals surface area contributed by atoms with Gasteiger partial charge in [-0.15, -0.1) is 11.8 Å². The highest BCUT2D eigenvalue weighted by Crippen LogP contribution is 2.18. The van der Waals surface area contributed by atoms with Gasteiger partial charge in [0.1, 0.15) is 0 Å². The van der Waals surface area contributed by atoms with Crippen LogP contribution < -0.4 is 5.32 Å². The van der Waals surface area contributed by atoms with Crippen molar-refractivity contribution in [2.75, 3.05) is 7.05 Å². The van der Waals surface area contributed by atoms with E-state index in [2.05, 4.69) is 47.5 Å². The minimum absolute atomic E-state index is 0.463. The molecule has 0 amide bonds. The molecule has 0 aliphatic rings. The molecule has 0 heterocycles. The molecule has 1 aromatic rings. The molecule has 0 spiro atoms. The first-order chi connectivity index (χ1) is 7.38. The highest BCUT2D eigenvalue weighted by molar-refractivity contribution is 5.18. The predicted molar refractivity (Wildman–Crippen MR) is 65.5 cm³/mol. The van der Waals surface area contributed by atoms with E-state index < -0.39 is 0 Å². The predicted octanol–water partition coefficient (Wildman–Crippen LogP) is 3.14. The summed E-state index contributed by atoms with van der Waals surface area (Å²) in [6.45, 7) is 1.90. The van der Waals surface area contributed by atoms with Crippen molar-refractivity contribution in [3.05, 3.63) is 35.9 Å². The Kier molecular flexibility index (Phi) is 5.58. The van der Waals surface area contributed by atoms with Crippen LogP contribution >= 0.6 is 0 Å². The van der Waals surface area contributed by atoms with E-state index in [1.54, 1.807) is 0 Å². The van der Waals surface area contributed by atoms with Crippen molar-refractivity contribution in [2.45, 2.75) is 32.2 Å². The Morgan fingerprint density at radius 2 is 2.00 bits per heavy atom. The summed E-state index contributed by atoms with van der Waals surface area (Å²) in [4.78, 5) is 0. The Morgan fingerprint density at radius 3 is 2.60 bits per heavy atom. The standard InChI is InChI=1S/C14H19N/c1-3-4-5-9-12-14(15-2)13-10-7-6-8-11-13/h6-8,10-11,14-15H,5,9,12H2,1-2H3. The van der Waals surface area contributed by atoms with Gasteiger partial charge in [-0.3, -0.25) is 0 Å². The Bertz CT molecular complexity index is 318. The normalized spacial score (nSPS) is 11.6. The van der Waals surface area contributed by atoms with Gasteiger partial charge in [-0.25, -0.2) is 0 Å². The Morgan fingerprint density at radius 1 is 1.27 bits per heavy atom. The molecule has 80 valence electrons. The van der Waals surface area contributed by atoms with Crippen LogP contribution in [0.15, 0.2) is 30.3 Å². The maximum absolute atomic E-state index is 3.35. The number of nitrogens with one attached hydrogen (secondary N) is 1. The quantitative estimate of drug-likeness (QED) is 0.570. The van der Waals surface area contributed by atoms with Gasteiger partial charge >= 0.3 is 0 Å². The average Bonchev–Trinajstić information content (AvgIpc) is 2.30. The van der Waals surface area contributed by atoms with Gasteiger partial charge in [-0.05, 0) is 32.4 Å². The lowest BCUT2D eigenvalue weighted by molar-refractivity contribution is 0.532. The lowest BCUT2D eigenvalue weighted by atomic mass is 10.0. The summed E-state index contributed by atoms with van der Waals surface area (Å²) in [5.41, 5.74) is 1.37. The second-order valence-corrected chi connectivity index (χ2v) is 3.57. The molecule has 0 aliphatic heterocycles. The van der Waals surface area contributed by atoms with Crippen LogP contribution in [0.1, 0.15) is 37.8 Å². The van der Waals surface area contributed by atoms with Gasteiger partial charge in [0.05, 0.1) is 0 Å². The smallest absolute Gasteiger partial charge is 0.0317 e. The zero-order chi connectivity index (χ0) is 10.9. The van der Waals surface area contributed by atoms with E-state index in [1.165, 1.54) is 5.56 Å². The van der Waals surface area contributed by atoms with E-state index in [1.807, 2.05) is 14.0 Å². The monoisotopic (exact) mass is 201 g/mol. The molecule has 1 unspecified atom stereocenters. The topological polar surface area (TPSA) is 12.0 Å². The molecule has 0 radical (unpaired) electrons. The lowest BCUT2D eigenvalue weighted by Gasteiger charge is -2.15. The lowest BCUT2D eigenvalue weighted by Crippen LogP contribution is -2.15. The van der Waals surface area contributed by atoms with Crippen LogP contribution in [-0.2, 0) is 0 Å². The Hall–Kier alpha value is -1.26. The molecule has 1 atom stereocenters. The molecule has 0 aromatic heterocycles. The molecule has 0 saturated heterocycles. The van der Waals surface area contributed by atoms with Crippen LogP contribution in [0.25, 0.3) is 0 Å². The fraction of sp³-hybridized carbons (Fsp3) is 0.429. The van der Waals surface area contributed by atoms with Crippen molar-refractivity contribution in [2.24, 2.45) is 0 Å². The van der Waals surface area contributed by atoms with Crippen molar-refractivity contribution in [3.63, 3.8) is 0 Å². The van der Waals surface area contributed by atoms with Crippen molar-refractivity contribution < 1.29 is 0 Å². The average molecular weight is 201 g/mol. The third kappa shape index (κ3) is 4.18. The van der Waals surface area contributed by atoms with E-state index in [0.29, 0.717) is 6.04 Å². The summed E-state index contributed by atoms with van der Waals surface area (Å²) in [5, 5.41) is 3.35. The molecular weight excluding hydrogens is 182 g/mol. The summed E-state index contributed by atoms with van der Waals surface area (Å²) in [5.74, 6) is 6.03. The van der Waals surface area contributed by atoms with E-state index in [9.17, 15) is 0 Å². The summed E-state index contributed by atoms with van der Waals surface area (Å²) >= 11 is 0. The molecule has 1 nitrogen and oxygen atoms in total. The highest BCUT2D eigenvalue weighted by atomic mass is 14.9. The molecule has 0 fully saturated rings. The minimum Gasteiger partial charge on any atom is -0.313 e. The van der Waals surface area contributed by atoms with Gasteiger partial charge in [0, 0.05) is 12.5 Å². The molecule has 1 rings (SSSR count). The van der Waals surface area contributed by atoms with E-state index in [-0.39, 0.29) is 0 Å². The fourth-order valence-corrected chi connectivity index (χ4v) is 1.68. The van der Waals surface area contributed by atoms with Crippen molar-refractivity contribution in [1.82, 2.24) is 5.32 Å². The fourth-order valence-electron chi connectivity index (χ4n) is 1.68. The van der Waals surface area contributed by atoms with E-state index in [4.69, 9.17) is 0 Å². The first kappa shape index (κ1) is 11.8. The van der Waals surface area contributed by atoms with Gasteiger partial charge in [0.25, 0.3) is 0 Å². The molecule has 15 heavy (non-hydrogen) atoms. The van der Waals surface area contributed by atoms with Crippen LogP contribution in [0.4, 0.5) is 0 Å². The highest BCUT2D eigenvalue weighted by Gasteiger charge is 2.06. The number of rotatable bonds is 5. The Labute approximate surface area is 92.9 Å². The van der Waals surface area contributed by atoms with Crippen molar-refractivity contribution >= 4 is 0 Å². The van der Waals surface area contributed by atoms with Crippen LogP contribution in [0.5, 0.6) is 0 Å². The molecule has 0 saturated carbocycles. The summed E-state index contributed by atoms with van der Waals surface area (Å²) in [6, 6.07) is 11.0. The molecule has 1 N–H and O–H groups in total. The SMILES string of the molecule is CC#CCCCC(NC)c1ccccc1. The van der Waals surface area contributed by atoms with Gasteiger partial charge < -0.3 is 5.32 Å². The molecule has 1 aromatic carbocycles. The third-order valence-corrected chi connectivity index (χ3v) is 2.52. The zero-order valence-electron chi connectivity index (χ0n) is 9.59. The van der Waals surface area contributed by atoms with Gasteiger partial charge in [-0.1, -0.05) is 30.3 Å². The number of hydrogen-bond donors (Lipinski definition) is 1. The van der Waals surface area contributed by atoms with Gasteiger partial charge in [0.15, 0.2) is 0 Å². The molecule has 0 bridgehead atoms. The van der Waals surface area contributed by atoms with Crippen molar-refractivity contribution in [3.8, 4) is 11.8 Å². The largest absolute Gasteiger partial charge is 0.313 e. The summed E-state index contributed by atoms with van der Waals surface area (Å²) in [6.07, 6.45) is 3.30. The number of hydrogen-bond acceptors (Lipinski definition) is 1. The van der Waals surface area contributed by atoms with Crippen molar-refractivity contribution in [1.29, 1.82) is 0 Å². The van der Waals surface area contributed by atoms with Crippen LogP contribution in [-0.4, -0.2) is 7.05 Å². The van der Waals surface area contributed by atoms with Crippen LogP contribution in [0.2, 0.25) is 0 Å². The number of benzene rings is 1. The second kappa shape index (κ2) is 7.09. The van der Waals surface area contributed by atoms with E-state index >= 15 is 0 Å². The van der Waals surface area contributed by atoms with Crippen LogP contribution in [0.3, 0.4) is 0 Å². The maximum Gasteiger partial charge on any atom is 0.0317 e.